The van der Waals surface area contributed by atoms with Gasteiger partial charge in [0.05, 0.1) is 0 Å². The minimum Gasteiger partial charge on any atom is -0.378 e. The van der Waals surface area contributed by atoms with Gasteiger partial charge in [-0.3, -0.25) is 0 Å². The molecule has 0 radical (unpaired) electrons. The summed E-state index contributed by atoms with van der Waals surface area (Å²) < 4.78 is 0. The van der Waals surface area contributed by atoms with Gasteiger partial charge in [0.2, 0.25) is 0 Å². The largest absolute Gasteiger partial charge is 0.378 e. The molecule has 0 aromatic heterocycles. The fourth-order valence-electron chi connectivity index (χ4n) is 2.66. The van der Waals surface area contributed by atoms with Crippen LogP contribution < -0.4 is 10.2 Å². The van der Waals surface area contributed by atoms with Gasteiger partial charge in [0.25, 0.3) is 0 Å². The lowest BCUT2D eigenvalue weighted by molar-refractivity contribution is 0.575. The lowest BCUT2D eigenvalue weighted by Crippen LogP contribution is -2.26. The average Bonchev–Trinajstić information content (AvgIpc) is 2.58. The molecular weight excluding hydrogens is 196 g/mol. The third-order valence-corrected chi connectivity index (χ3v) is 3.60. The van der Waals surface area contributed by atoms with E-state index in [1.165, 1.54) is 17.7 Å². The lowest BCUT2D eigenvalue weighted by Gasteiger charge is -2.17. The Kier molecular flexibility index (Phi) is 3.20. The van der Waals surface area contributed by atoms with Gasteiger partial charge in [0, 0.05) is 37.8 Å². The zero-order valence-corrected chi connectivity index (χ0v) is 10.7. The molecule has 2 nitrogen and oxygen atoms in total. The summed E-state index contributed by atoms with van der Waals surface area (Å²) in [5, 5.41) is 3.59. The fraction of sp³-hybridized carbons (Fsp3) is 0.571. The first-order valence-electron chi connectivity index (χ1n) is 6.11. The van der Waals surface area contributed by atoms with Crippen molar-refractivity contribution in [3.05, 3.63) is 29.8 Å². The second-order valence-electron chi connectivity index (χ2n) is 5.18. The van der Waals surface area contributed by atoms with Crippen LogP contribution in [0.3, 0.4) is 0 Å². The molecule has 88 valence electrons. The van der Waals surface area contributed by atoms with E-state index in [-0.39, 0.29) is 0 Å². The molecule has 1 aromatic carbocycles. The maximum Gasteiger partial charge on any atom is 0.0361 e. The first-order chi connectivity index (χ1) is 7.58. The summed E-state index contributed by atoms with van der Waals surface area (Å²) in [5.41, 5.74) is 2.74. The van der Waals surface area contributed by atoms with Gasteiger partial charge in [-0.2, -0.15) is 0 Å². The summed E-state index contributed by atoms with van der Waals surface area (Å²) in [7, 11) is 4.16. The molecule has 1 aliphatic rings. The third-order valence-electron chi connectivity index (χ3n) is 3.60. The smallest absolute Gasteiger partial charge is 0.0361 e. The van der Waals surface area contributed by atoms with E-state index in [4.69, 9.17) is 0 Å². The summed E-state index contributed by atoms with van der Waals surface area (Å²) in [6.07, 6.45) is 1.25. The molecule has 0 spiro atoms. The number of benzene rings is 1. The Balaban J connectivity index is 2.15. The average molecular weight is 218 g/mol. The van der Waals surface area contributed by atoms with Crippen molar-refractivity contribution in [2.24, 2.45) is 0 Å². The maximum absolute atomic E-state index is 3.59. The van der Waals surface area contributed by atoms with Crippen LogP contribution in [0.5, 0.6) is 0 Å². The van der Waals surface area contributed by atoms with Crippen molar-refractivity contribution >= 4 is 5.69 Å². The van der Waals surface area contributed by atoms with Crippen molar-refractivity contribution in [3.8, 4) is 0 Å². The highest BCUT2D eigenvalue weighted by Gasteiger charge is 2.28. The van der Waals surface area contributed by atoms with Gasteiger partial charge >= 0.3 is 0 Å². The van der Waals surface area contributed by atoms with Crippen molar-refractivity contribution in [3.63, 3.8) is 0 Å². The molecule has 3 unspecified atom stereocenters. The Labute approximate surface area is 98.7 Å². The van der Waals surface area contributed by atoms with Crippen molar-refractivity contribution in [2.75, 3.05) is 19.0 Å². The maximum atomic E-state index is 3.59. The SMILES string of the molecule is CC1CC(c2ccc(N(C)C)cc2)C(C)N1. The zero-order valence-electron chi connectivity index (χ0n) is 10.7. The molecule has 0 aliphatic carbocycles. The van der Waals surface area contributed by atoms with Gasteiger partial charge in [0.1, 0.15) is 0 Å². The van der Waals surface area contributed by atoms with Gasteiger partial charge < -0.3 is 10.2 Å². The van der Waals surface area contributed by atoms with Crippen LogP contribution in [0, 0.1) is 0 Å². The van der Waals surface area contributed by atoms with Crippen molar-refractivity contribution in [1.29, 1.82) is 0 Å². The minimum atomic E-state index is 0.597. The van der Waals surface area contributed by atoms with Gasteiger partial charge in [-0.1, -0.05) is 12.1 Å². The number of rotatable bonds is 2. The van der Waals surface area contributed by atoms with E-state index in [9.17, 15) is 0 Å². The first kappa shape index (κ1) is 11.5. The normalized spacial score (nSPS) is 29.4. The highest BCUT2D eigenvalue weighted by molar-refractivity contribution is 5.46. The number of hydrogen-bond donors (Lipinski definition) is 1. The molecule has 3 atom stereocenters. The Morgan fingerprint density at radius 2 is 1.75 bits per heavy atom. The summed E-state index contributed by atoms with van der Waals surface area (Å²) in [5.74, 6) is 0.672. The van der Waals surface area contributed by atoms with E-state index in [0.717, 1.165) is 0 Å². The molecular formula is C14H22N2. The molecule has 0 saturated carbocycles. The minimum absolute atomic E-state index is 0.597. The van der Waals surface area contributed by atoms with Gasteiger partial charge in [-0.25, -0.2) is 0 Å². The summed E-state index contributed by atoms with van der Waals surface area (Å²) in [6, 6.07) is 10.2. The van der Waals surface area contributed by atoms with Crippen LogP contribution in [-0.2, 0) is 0 Å². The molecule has 1 fully saturated rings. The monoisotopic (exact) mass is 218 g/mol. The molecule has 1 N–H and O–H groups in total. The Bertz CT molecular complexity index is 342. The van der Waals surface area contributed by atoms with E-state index in [1.54, 1.807) is 0 Å². The molecule has 1 heterocycles. The fourth-order valence-corrected chi connectivity index (χ4v) is 2.66. The number of nitrogens with one attached hydrogen (secondary N) is 1. The topological polar surface area (TPSA) is 15.3 Å². The molecule has 16 heavy (non-hydrogen) atoms. The Morgan fingerprint density at radius 1 is 1.12 bits per heavy atom. The third kappa shape index (κ3) is 2.22. The van der Waals surface area contributed by atoms with Crippen LogP contribution in [-0.4, -0.2) is 26.2 Å². The first-order valence-corrected chi connectivity index (χ1v) is 6.11. The predicted molar refractivity (Wildman–Crippen MR) is 70.2 cm³/mol. The number of hydrogen-bond acceptors (Lipinski definition) is 2. The van der Waals surface area contributed by atoms with Crippen molar-refractivity contribution < 1.29 is 0 Å². The van der Waals surface area contributed by atoms with Crippen molar-refractivity contribution in [2.45, 2.75) is 38.3 Å². The molecule has 2 heteroatoms. The van der Waals surface area contributed by atoms with Crippen molar-refractivity contribution in [1.82, 2.24) is 5.32 Å². The second kappa shape index (κ2) is 4.46. The molecule has 1 aromatic rings. The van der Waals surface area contributed by atoms with Gasteiger partial charge in [-0.15, -0.1) is 0 Å². The molecule has 0 amide bonds. The molecule has 1 saturated heterocycles. The number of nitrogens with zero attached hydrogens (tertiary/aromatic N) is 1. The standard InChI is InChI=1S/C14H22N2/c1-10-9-14(11(2)15-10)12-5-7-13(8-6-12)16(3)4/h5-8,10-11,14-15H,9H2,1-4H3. The quantitative estimate of drug-likeness (QED) is 0.821. The predicted octanol–water partition coefficient (Wildman–Crippen LogP) is 2.61. The molecule has 2 rings (SSSR count). The van der Waals surface area contributed by atoms with E-state index >= 15 is 0 Å². The Hall–Kier alpha value is -1.02. The highest BCUT2D eigenvalue weighted by atomic mass is 15.1. The molecule has 0 bridgehead atoms. The van der Waals surface area contributed by atoms with E-state index in [2.05, 4.69) is 62.4 Å². The Morgan fingerprint density at radius 3 is 2.19 bits per heavy atom. The van der Waals surface area contributed by atoms with Crippen LogP contribution in [0.25, 0.3) is 0 Å². The van der Waals surface area contributed by atoms with Gasteiger partial charge in [-0.05, 0) is 38.0 Å². The van der Waals surface area contributed by atoms with Gasteiger partial charge in [0.15, 0.2) is 0 Å². The number of anilines is 1. The lowest BCUT2D eigenvalue weighted by atomic mass is 9.91. The molecule has 1 aliphatic heterocycles. The van der Waals surface area contributed by atoms with Crippen LogP contribution in [0.15, 0.2) is 24.3 Å². The van der Waals surface area contributed by atoms with Crippen LogP contribution >= 0.6 is 0 Å². The van der Waals surface area contributed by atoms with E-state index in [1.807, 2.05) is 0 Å². The zero-order chi connectivity index (χ0) is 11.7. The highest BCUT2D eigenvalue weighted by Crippen LogP contribution is 2.31. The van der Waals surface area contributed by atoms with Crippen LogP contribution in [0.4, 0.5) is 5.69 Å². The second-order valence-corrected chi connectivity index (χ2v) is 5.18. The summed E-state index contributed by atoms with van der Waals surface area (Å²) in [6.45, 7) is 4.55. The van der Waals surface area contributed by atoms with E-state index in [0.29, 0.717) is 18.0 Å². The van der Waals surface area contributed by atoms with E-state index < -0.39 is 0 Å². The van der Waals surface area contributed by atoms with Crippen LogP contribution in [0.2, 0.25) is 0 Å². The summed E-state index contributed by atoms with van der Waals surface area (Å²) >= 11 is 0. The summed E-state index contributed by atoms with van der Waals surface area (Å²) in [4.78, 5) is 2.14. The van der Waals surface area contributed by atoms with Crippen LogP contribution in [0.1, 0.15) is 31.7 Å².